The van der Waals surface area contributed by atoms with Crippen LogP contribution in [0.4, 0.5) is 16.2 Å². The van der Waals surface area contributed by atoms with Crippen LogP contribution in [0.1, 0.15) is 12.5 Å². The molecule has 0 unspecified atom stereocenters. The van der Waals surface area contributed by atoms with E-state index in [2.05, 4.69) is 10.6 Å². The van der Waals surface area contributed by atoms with Crippen molar-refractivity contribution in [3.63, 3.8) is 0 Å². The predicted molar refractivity (Wildman–Crippen MR) is 113 cm³/mol. The van der Waals surface area contributed by atoms with Crippen LogP contribution in [0.3, 0.4) is 0 Å². The Morgan fingerprint density at radius 1 is 1.10 bits per heavy atom. The number of amides is 3. The van der Waals surface area contributed by atoms with Crippen LogP contribution in [0.5, 0.6) is 17.2 Å². The van der Waals surface area contributed by atoms with Gasteiger partial charge in [-0.3, -0.25) is 4.79 Å². The second-order valence-electron chi connectivity index (χ2n) is 5.69. The van der Waals surface area contributed by atoms with Crippen LogP contribution in [-0.4, -0.2) is 32.8 Å². The first-order chi connectivity index (χ1) is 13.9. The van der Waals surface area contributed by atoms with Crippen LogP contribution in [0.25, 0.3) is 6.08 Å². The van der Waals surface area contributed by atoms with Gasteiger partial charge >= 0.3 is 6.03 Å². The highest BCUT2D eigenvalue weighted by Gasteiger charge is 2.11. The highest BCUT2D eigenvalue weighted by Crippen LogP contribution is 2.36. The number of carbonyl (C=O) groups is 2. The molecule has 0 saturated carbocycles. The fourth-order valence-corrected chi connectivity index (χ4v) is 2.75. The van der Waals surface area contributed by atoms with Crippen LogP contribution in [0.15, 0.2) is 36.4 Å². The van der Waals surface area contributed by atoms with E-state index in [0.29, 0.717) is 45.8 Å². The van der Waals surface area contributed by atoms with Gasteiger partial charge in [0.05, 0.1) is 31.5 Å². The molecule has 2 aromatic rings. The minimum Gasteiger partial charge on any atom is -0.494 e. The zero-order valence-corrected chi connectivity index (χ0v) is 17.0. The van der Waals surface area contributed by atoms with E-state index in [1.807, 2.05) is 6.92 Å². The molecule has 2 rings (SSSR count). The zero-order chi connectivity index (χ0) is 21.4. The summed E-state index contributed by atoms with van der Waals surface area (Å²) in [6.45, 7) is 2.30. The number of hydrogen-bond donors (Lipinski definition) is 3. The van der Waals surface area contributed by atoms with Crippen molar-refractivity contribution in [3.8, 4) is 17.2 Å². The van der Waals surface area contributed by atoms with Gasteiger partial charge in [0, 0.05) is 17.8 Å². The van der Waals surface area contributed by atoms with Crippen molar-refractivity contribution in [2.75, 3.05) is 31.5 Å². The Morgan fingerprint density at radius 3 is 2.45 bits per heavy atom. The average Bonchev–Trinajstić information content (AvgIpc) is 2.68. The third kappa shape index (κ3) is 6.05. The molecule has 9 heteroatoms. The normalized spacial score (nSPS) is 10.5. The molecule has 0 aliphatic carbocycles. The Balaban J connectivity index is 2.13. The van der Waals surface area contributed by atoms with Gasteiger partial charge in [0.2, 0.25) is 5.91 Å². The van der Waals surface area contributed by atoms with Crippen LogP contribution >= 0.6 is 11.6 Å². The molecule has 154 valence electrons. The van der Waals surface area contributed by atoms with Gasteiger partial charge in [-0.15, -0.1) is 0 Å². The van der Waals surface area contributed by atoms with E-state index in [1.54, 1.807) is 36.4 Å². The lowest BCUT2D eigenvalue weighted by atomic mass is 10.2. The predicted octanol–water partition coefficient (Wildman–Crippen LogP) is 3.90. The molecule has 0 saturated heterocycles. The molecule has 0 radical (unpaired) electrons. The van der Waals surface area contributed by atoms with Gasteiger partial charge in [-0.05, 0) is 42.8 Å². The largest absolute Gasteiger partial charge is 0.494 e. The number of primary amides is 1. The van der Waals surface area contributed by atoms with Crippen molar-refractivity contribution >= 4 is 41.0 Å². The minimum absolute atomic E-state index is 0.355. The van der Waals surface area contributed by atoms with E-state index in [0.717, 1.165) is 0 Å². The van der Waals surface area contributed by atoms with Gasteiger partial charge in [-0.1, -0.05) is 11.6 Å². The Hall–Kier alpha value is -3.39. The molecule has 0 aliphatic rings. The third-order valence-corrected chi connectivity index (χ3v) is 3.98. The Bertz CT molecular complexity index is 931. The number of nitrogens with one attached hydrogen (secondary N) is 2. The lowest BCUT2D eigenvalue weighted by Gasteiger charge is -2.12. The van der Waals surface area contributed by atoms with E-state index in [9.17, 15) is 9.59 Å². The number of methoxy groups -OCH3 is 2. The molecule has 29 heavy (non-hydrogen) atoms. The van der Waals surface area contributed by atoms with E-state index in [-0.39, 0.29) is 5.91 Å². The van der Waals surface area contributed by atoms with Gasteiger partial charge < -0.3 is 30.6 Å². The number of rotatable bonds is 8. The quantitative estimate of drug-likeness (QED) is 0.562. The second-order valence-corrected chi connectivity index (χ2v) is 6.10. The molecule has 8 nitrogen and oxygen atoms in total. The first kappa shape index (κ1) is 21.9. The summed E-state index contributed by atoms with van der Waals surface area (Å²) >= 11 is 6.23. The van der Waals surface area contributed by atoms with Crippen LogP contribution in [0, 0.1) is 0 Å². The van der Waals surface area contributed by atoms with Gasteiger partial charge in [0.15, 0.2) is 11.5 Å². The molecule has 0 spiro atoms. The molecule has 0 atom stereocenters. The molecular weight excluding hydrogens is 398 g/mol. The highest BCUT2D eigenvalue weighted by atomic mass is 35.5. The molecular formula is C20H22ClN3O5. The van der Waals surface area contributed by atoms with Crippen molar-refractivity contribution < 1.29 is 23.8 Å². The maximum Gasteiger partial charge on any atom is 0.316 e. The number of halogens is 1. The number of urea groups is 1. The smallest absolute Gasteiger partial charge is 0.316 e. The summed E-state index contributed by atoms with van der Waals surface area (Å²) in [6, 6.07) is 7.41. The first-order valence-electron chi connectivity index (χ1n) is 8.61. The Labute approximate surface area is 173 Å². The summed E-state index contributed by atoms with van der Waals surface area (Å²) in [7, 11) is 2.95. The van der Waals surface area contributed by atoms with Gasteiger partial charge in [0.1, 0.15) is 5.75 Å². The summed E-state index contributed by atoms with van der Waals surface area (Å²) < 4.78 is 15.9. The highest BCUT2D eigenvalue weighted by molar-refractivity contribution is 6.32. The van der Waals surface area contributed by atoms with Crippen molar-refractivity contribution in [1.82, 2.24) is 0 Å². The Morgan fingerprint density at radius 2 is 1.83 bits per heavy atom. The summed E-state index contributed by atoms with van der Waals surface area (Å²) in [6.07, 6.45) is 2.95. The fraction of sp³-hybridized carbons (Fsp3) is 0.200. The average molecular weight is 420 g/mol. The van der Waals surface area contributed by atoms with Crippen molar-refractivity contribution in [1.29, 1.82) is 0 Å². The number of hydrogen-bond acceptors (Lipinski definition) is 5. The van der Waals surface area contributed by atoms with E-state index in [1.165, 1.54) is 20.3 Å². The van der Waals surface area contributed by atoms with Crippen molar-refractivity contribution in [3.05, 3.63) is 47.0 Å². The lowest BCUT2D eigenvalue weighted by molar-refractivity contribution is -0.111. The van der Waals surface area contributed by atoms with Crippen LogP contribution < -0.4 is 30.6 Å². The van der Waals surface area contributed by atoms with E-state index < -0.39 is 6.03 Å². The number of carbonyl (C=O) groups excluding carboxylic acids is 2. The van der Waals surface area contributed by atoms with Gasteiger partial charge in [0.25, 0.3) is 0 Å². The molecule has 0 heterocycles. The van der Waals surface area contributed by atoms with Crippen LogP contribution in [0.2, 0.25) is 5.02 Å². The molecule has 3 amide bonds. The third-order valence-electron chi connectivity index (χ3n) is 3.69. The molecule has 0 aliphatic heterocycles. The molecule has 0 bridgehead atoms. The Kier molecular flexibility index (Phi) is 7.73. The van der Waals surface area contributed by atoms with Crippen molar-refractivity contribution in [2.24, 2.45) is 5.73 Å². The number of benzene rings is 2. The maximum atomic E-state index is 12.2. The molecule has 4 N–H and O–H groups in total. The van der Waals surface area contributed by atoms with Gasteiger partial charge in [-0.25, -0.2) is 4.79 Å². The topological polar surface area (TPSA) is 112 Å². The molecule has 2 aromatic carbocycles. The number of ether oxygens (including phenoxy) is 3. The number of anilines is 2. The summed E-state index contributed by atoms with van der Waals surface area (Å²) in [5.74, 6) is 0.914. The number of nitrogens with two attached hydrogens (primary N) is 1. The maximum absolute atomic E-state index is 12.2. The van der Waals surface area contributed by atoms with E-state index in [4.69, 9.17) is 31.5 Å². The lowest BCUT2D eigenvalue weighted by Crippen LogP contribution is -2.19. The van der Waals surface area contributed by atoms with Crippen LogP contribution in [-0.2, 0) is 4.79 Å². The summed E-state index contributed by atoms with van der Waals surface area (Å²) in [5, 5.41) is 5.52. The monoisotopic (exact) mass is 419 g/mol. The standard InChI is InChI=1S/C20H22ClN3O5/c1-4-29-19-14(21)9-12(10-17(19)28-3)5-8-18(25)23-13-6-7-15(24-20(22)26)16(11-13)27-2/h5-11H,4H2,1-3H3,(H,23,25)(H3,22,24,26)/b8-5+. The molecule has 0 fully saturated rings. The first-order valence-corrected chi connectivity index (χ1v) is 8.99. The van der Waals surface area contributed by atoms with E-state index >= 15 is 0 Å². The minimum atomic E-state index is -0.715. The fourth-order valence-electron chi connectivity index (χ4n) is 2.48. The van der Waals surface area contributed by atoms with Gasteiger partial charge in [-0.2, -0.15) is 0 Å². The zero-order valence-electron chi connectivity index (χ0n) is 16.2. The molecule has 0 aromatic heterocycles. The second kappa shape index (κ2) is 10.2. The van der Waals surface area contributed by atoms with Crippen molar-refractivity contribution in [2.45, 2.75) is 6.92 Å². The SMILES string of the molecule is CCOc1c(Cl)cc(/C=C/C(=O)Nc2ccc(NC(N)=O)c(OC)c2)cc1OC. The summed E-state index contributed by atoms with van der Waals surface area (Å²) in [5.41, 5.74) is 6.65. The summed E-state index contributed by atoms with van der Waals surface area (Å²) in [4.78, 5) is 23.2.